The number of hydrogen-bond donors (Lipinski definition) is 6. The Morgan fingerprint density at radius 3 is 2.00 bits per heavy atom. The fourth-order valence-corrected chi connectivity index (χ4v) is 0.516. The van der Waals surface area contributed by atoms with E-state index in [9.17, 15) is 0 Å². The second kappa shape index (κ2) is 5.53. The lowest BCUT2D eigenvalue weighted by Gasteiger charge is -2.17. The molecule has 0 aliphatic heterocycles. The third kappa shape index (κ3) is 6.18. The highest BCUT2D eigenvalue weighted by Gasteiger charge is 2.30. The minimum atomic E-state index is -1.11. The molecule has 0 spiro atoms. The van der Waals surface area contributed by atoms with Gasteiger partial charge < -0.3 is 26.4 Å². The van der Waals surface area contributed by atoms with Crippen LogP contribution in [-0.2, 0) is 9.47 Å². The number of hydrogen-bond acceptors (Lipinski definition) is 4. The van der Waals surface area contributed by atoms with Crippen LogP contribution in [-0.4, -0.2) is 48.3 Å². The SMILES string of the molecule is [NH3+]C([NH3+])(CO)COCOC([NH3+])([NH3+])CO. The van der Waals surface area contributed by atoms with E-state index in [-0.39, 0.29) is 26.6 Å². The van der Waals surface area contributed by atoms with Crippen LogP contribution >= 0.6 is 0 Å². The van der Waals surface area contributed by atoms with Gasteiger partial charge in [-0.3, -0.25) is 16.2 Å². The van der Waals surface area contributed by atoms with Crippen molar-refractivity contribution in [2.75, 3.05) is 26.6 Å². The molecule has 14 heavy (non-hydrogen) atoms. The summed E-state index contributed by atoms with van der Waals surface area (Å²) in [7, 11) is 0. The summed E-state index contributed by atoms with van der Waals surface area (Å²) in [6.45, 7) is -0.380. The molecule has 0 unspecified atom stereocenters. The maximum Gasteiger partial charge on any atom is 0.358 e. The molecule has 0 rings (SSSR count). The number of quaternary nitrogens is 4. The van der Waals surface area contributed by atoms with Gasteiger partial charge in [-0.05, 0) is 0 Å². The number of aliphatic hydroxyl groups is 2. The van der Waals surface area contributed by atoms with Crippen molar-refractivity contribution < 1.29 is 42.6 Å². The molecule has 0 fully saturated rings. The first-order chi connectivity index (χ1) is 6.33. The molecule has 8 heteroatoms. The fraction of sp³-hybridized carbons (Fsp3) is 1.00. The summed E-state index contributed by atoms with van der Waals surface area (Å²) in [5.74, 6) is -1.11. The molecule has 8 nitrogen and oxygen atoms in total. The molecule has 0 radical (unpaired) electrons. The third-order valence-corrected chi connectivity index (χ3v) is 1.48. The lowest BCUT2D eigenvalue weighted by atomic mass is 10.2. The van der Waals surface area contributed by atoms with E-state index < -0.39 is 11.5 Å². The first kappa shape index (κ1) is 13.7. The number of rotatable bonds is 7. The molecule has 0 amide bonds. The van der Waals surface area contributed by atoms with Gasteiger partial charge in [-0.15, -0.1) is 0 Å². The monoisotopic (exact) mass is 214 g/mol. The molecule has 0 aromatic carbocycles. The van der Waals surface area contributed by atoms with Gasteiger partial charge in [0.15, 0.2) is 26.6 Å². The minimum absolute atomic E-state index is 0.0691. The van der Waals surface area contributed by atoms with Crippen molar-refractivity contribution in [3.8, 4) is 0 Å². The molecular formula is C6H22N4O4+4. The molecule has 0 aromatic heterocycles. The lowest BCUT2D eigenvalue weighted by molar-refractivity contribution is -0.791. The van der Waals surface area contributed by atoms with Crippen molar-refractivity contribution in [1.82, 2.24) is 0 Å². The molecule has 0 aliphatic carbocycles. The third-order valence-electron chi connectivity index (χ3n) is 1.48. The summed E-state index contributed by atoms with van der Waals surface area (Å²) in [6, 6.07) is 0. The molecule has 0 saturated heterocycles. The Morgan fingerprint density at radius 2 is 1.57 bits per heavy atom. The van der Waals surface area contributed by atoms with Crippen molar-refractivity contribution in [3.05, 3.63) is 0 Å². The Kier molecular flexibility index (Phi) is 5.41. The molecule has 0 aromatic rings. The maximum absolute atomic E-state index is 8.79. The zero-order valence-corrected chi connectivity index (χ0v) is 8.37. The lowest BCUT2D eigenvalue weighted by Crippen LogP contribution is -2.98. The topological polar surface area (TPSA) is 169 Å². The van der Waals surface area contributed by atoms with E-state index in [1.54, 1.807) is 0 Å². The van der Waals surface area contributed by atoms with Crippen LogP contribution in [0.3, 0.4) is 0 Å². The Hall–Kier alpha value is -0.320. The van der Waals surface area contributed by atoms with E-state index in [0.29, 0.717) is 0 Å². The second-order valence-electron chi connectivity index (χ2n) is 3.61. The average Bonchev–Trinajstić information content (AvgIpc) is 2.13. The predicted molar refractivity (Wildman–Crippen MR) is 43.1 cm³/mol. The number of aliphatic hydroxyl groups excluding tert-OH is 2. The Morgan fingerprint density at radius 1 is 1.00 bits per heavy atom. The summed E-state index contributed by atoms with van der Waals surface area (Å²) in [4.78, 5) is 0. The van der Waals surface area contributed by atoms with Crippen LogP contribution in [0.4, 0.5) is 0 Å². The Balaban J connectivity index is 3.57. The highest BCUT2D eigenvalue weighted by atomic mass is 16.7. The van der Waals surface area contributed by atoms with Crippen molar-refractivity contribution in [2.24, 2.45) is 0 Å². The van der Waals surface area contributed by atoms with Gasteiger partial charge >= 0.3 is 5.85 Å². The van der Waals surface area contributed by atoms with Gasteiger partial charge in [0, 0.05) is 0 Å². The summed E-state index contributed by atoms with van der Waals surface area (Å²) in [5.41, 5.74) is 13.5. The molecule has 86 valence electrons. The van der Waals surface area contributed by atoms with E-state index in [0.717, 1.165) is 0 Å². The summed E-state index contributed by atoms with van der Waals surface area (Å²) < 4.78 is 10.0. The summed E-state index contributed by atoms with van der Waals surface area (Å²) in [6.07, 6.45) is 0. The maximum atomic E-state index is 8.79. The molecule has 0 aliphatic rings. The van der Waals surface area contributed by atoms with Crippen molar-refractivity contribution in [3.63, 3.8) is 0 Å². The fourth-order valence-electron chi connectivity index (χ4n) is 0.516. The normalized spacial score (nSPS) is 13.3. The zero-order valence-electron chi connectivity index (χ0n) is 8.37. The first-order valence-electron chi connectivity index (χ1n) is 4.18. The Bertz CT molecular complexity index is 146. The van der Waals surface area contributed by atoms with Gasteiger partial charge in [0.2, 0.25) is 0 Å². The Labute approximate surface area is 81.7 Å². The highest BCUT2D eigenvalue weighted by molar-refractivity contribution is 4.54. The zero-order chi connectivity index (χ0) is 11.2. The molecule has 0 atom stereocenters. The van der Waals surface area contributed by atoms with E-state index in [1.807, 2.05) is 0 Å². The average molecular weight is 214 g/mol. The van der Waals surface area contributed by atoms with Gasteiger partial charge in [-0.2, -0.15) is 0 Å². The number of ether oxygens (including phenoxy) is 2. The van der Waals surface area contributed by atoms with Crippen molar-refractivity contribution in [2.45, 2.75) is 11.5 Å². The van der Waals surface area contributed by atoms with Gasteiger partial charge in [-0.25, -0.2) is 0 Å². The summed E-state index contributed by atoms with van der Waals surface area (Å²) >= 11 is 0. The first-order valence-corrected chi connectivity index (χ1v) is 4.18. The quantitative estimate of drug-likeness (QED) is 0.183. The minimum Gasteiger partial charge on any atom is -0.383 e. The smallest absolute Gasteiger partial charge is 0.358 e. The summed E-state index contributed by atoms with van der Waals surface area (Å²) in [5, 5.41) is 17.5. The van der Waals surface area contributed by atoms with Crippen LogP contribution in [0.15, 0.2) is 0 Å². The van der Waals surface area contributed by atoms with Crippen LogP contribution in [0.25, 0.3) is 0 Å². The highest BCUT2D eigenvalue weighted by Crippen LogP contribution is 1.90. The van der Waals surface area contributed by atoms with Crippen LogP contribution in [0, 0.1) is 0 Å². The van der Waals surface area contributed by atoms with E-state index in [1.165, 1.54) is 0 Å². The van der Waals surface area contributed by atoms with Crippen molar-refractivity contribution >= 4 is 0 Å². The molecule has 14 N–H and O–H groups in total. The van der Waals surface area contributed by atoms with E-state index in [4.69, 9.17) is 19.7 Å². The largest absolute Gasteiger partial charge is 0.383 e. The molecular weight excluding hydrogens is 192 g/mol. The second-order valence-corrected chi connectivity index (χ2v) is 3.61. The van der Waals surface area contributed by atoms with Crippen LogP contribution < -0.4 is 22.9 Å². The predicted octanol–water partition coefficient (Wildman–Crippen LogP) is -6.72. The van der Waals surface area contributed by atoms with E-state index >= 15 is 0 Å². The van der Waals surface area contributed by atoms with Crippen molar-refractivity contribution in [1.29, 1.82) is 0 Å². The van der Waals surface area contributed by atoms with E-state index in [2.05, 4.69) is 22.9 Å². The van der Waals surface area contributed by atoms with Gasteiger partial charge in [0.05, 0.1) is 0 Å². The van der Waals surface area contributed by atoms with Gasteiger partial charge in [0.1, 0.15) is 0 Å². The molecule has 0 bridgehead atoms. The van der Waals surface area contributed by atoms with Gasteiger partial charge in [-0.1, -0.05) is 0 Å². The van der Waals surface area contributed by atoms with Crippen LogP contribution in [0.1, 0.15) is 0 Å². The van der Waals surface area contributed by atoms with Crippen LogP contribution in [0.5, 0.6) is 0 Å². The van der Waals surface area contributed by atoms with Gasteiger partial charge in [0.25, 0.3) is 5.66 Å². The molecule has 0 saturated carbocycles. The van der Waals surface area contributed by atoms with Crippen LogP contribution in [0.2, 0.25) is 0 Å². The standard InChI is InChI=1S/C6H18N4O4/c7-5(8,1-11)3-13-4-14-6(9,10)2-12/h11-12H,1-4,7-10H2/p+4. The molecule has 0 heterocycles.